The predicted molar refractivity (Wildman–Crippen MR) is 70.0 cm³/mol. The molecule has 18 heavy (non-hydrogen) atoms. The molecular formula is C12H15N3O2S. The lowest BCUT2D eigenvalue weighted by atomic mass is 10.3. The lowest BCUT2D eigenvalue weighted by Gasteiger charge is -2.22. The zero-order valence-corrected chi connectivity index (χ0v) is 11.1. The molecule has 0 spiro atoms. The molecule has 0 saturated carbocycles. The van der Waals surface area contributed by atoms with Crippen molar-refractivity contribution in [3.63, 3.8) is 0 Å². The maximum Gasteiger partial charge on any atom is 0.267 e. The van der Waals surface area contributed by atoms with Gasteiger partial charge in [-0.2, -0.15) is 5.10 Å². The average Bonchev–Trinajstić information content (AvgIpc) is 2.78. The number of rotatable bonds is 4. The fraction of sp³-hybridized carbons (Fsp3) is 0.250. The predicted octanol–water partition coefficient (Wildman–Crippen LogP) is 1.93. The summed E-state index contributed by atoms with van der Waals surface area (Å²) in [6.07, 6.45) is 1.34. The van der Waals surface area contributed by atoms with E-state index in [9.17, 15) is 8.42 Å². The molecule has 0 aliphatic heterocycles. The number of aryl methyl sites for hydroxylation is 1. The molecule has 5 nitrogen and oxygen atoms in total. The van der Waals surface area contributed by atoms with Gasteiger partial charge in [0.15, 0.2) is 0 Å². The zero-order valence-electron chi connectivity index (χ0n) is 10.3. The standard InChI is InChI=1S/C12H15N3O2S/c1-3-15(11-7-5-4-6-8-11)18(16,17)12-9-13-14-10(12)2/h4-9H,3H2,1-2H3,(H,13,14). The molecule has 0 unspecified atom stereocenters. The summed E-state index contributed by atoms with van der Waals surface area (Å²) in [5.41, 5.74) is 1.20. The van der Waals surface area contributed by atoms with Gasteiger partial charge in [0.25, 0.3) is 10.0 Å². The van der Waals surface area contributed by atoms with E-state index in [1.807, 2.05) is 18.2 Å². The molecule has 0 radical (unpaired) electrons. The molecule has 0 aliphatic carbocycles. The summed E-state index contributed by atoms with van der Waals surface area (Å²) in [5.74, 6) is 0. The second-order valence-electron chi connectivity index (χ2n) is 3.86. The van der Waals surface area contributed by atoms with Crippen LogP contribution in [0.15, 0.2) is 41.4 Å². The van der Waals surface area contributed by atoms with Gasteiger partial charge in [-0.15, -0.1) is 0 Å². The third kappa shape index (κ3) is 2.11. The van der Waals surface area contributed by atoms with Crippen LogP contribution in [0.4, 0.5) is 5.69 Å². The van der Waals surface area contributed by atoms with Gasteiger partial charge in [-0.05, 0) is 26.0 Å². The van der Waals surface area contributed by atoms with Gasteiger partial charge in [0.1, 0.15) is 4.90 Å². The van der Waals surface area contributed by atoms with Gasteiger partial charge in [0.05, 0.1) is 17.6 Å². The highest BCUT2D eigenvalue weighted by atomic mass is 32.2. The van der Waals surface area contributed by atoms with Crippen LogP contribution in [0, 0.1) is 6.92 Å². The van der Waals surface area contributed by atoms with E-state index in [2.05, 4.69) is 10.2 Å². The van der Waals surface area contributed by atoms with Crippen LogP contribution in [0.1, 0.15) is 12.6 Å². The van der Waals surface area contributed by atoms with E-state index in [-0.39, 0.29) is 4.90 Å². The summed E-state index contributed by atoms with van der Waals surface area (Å²) in [4.78, 5) is 0.216. The molecule has 0 bridgehead atoms. The largest absolute Gasteiger partial charge is 0.281 e. The minimum absolute atomic E-state index is 0.216. The van der Waals surface area contributed by atoms with Gasteiger partial charge >= 0.3 is 0 Å². The van der Waals surface area contributed by atoms with Gasteiger partial charge < -0.3 is 0 Å². The van der Waals surface area contributed by atoms with Gasteiger partial charge in [-0.3, -0.25) is 9.40 Å². The molecule has 1 heterocycles. The summed E-state index contributed by atoms with van der Waals surface area (Å²) in [6.45, 7) is 3.87. The van der Waals surface area contributed by atoms with Crippen molar-refractivity contribution in [1.29, 1.82) is 0 Å². The van der Waals surface area contributed by atoms with Crippen LogP contribution < -0.4 is 4.31 Å². The summed E-state index contributed by atoms with van der Waals surface area (Å²) in [6, 6.07) is 9.03. The molecule has 1 N–H and O–H groups in total. The van der Waals surface area contributed by atoms with E-state index in [0.29, 0.717) is 17.9 Å². The van der Waals surface area contributed by atoms with Crippen LogP contribution in [-0.2, 0) is 10.0 Å². The molecule has 0 amide bonds. The molecule has 1 aromatic carbocycles. The van der Waals surface area contributed by atoms with Crippen LogP contribution in [0.25, 0.3) is 0 Å². The number of benzene rings is 1. The number of aromatic amines is 1. The SMILES string of the molecule is CCN(c1ccccc1)S(=O)(=O)c1cn[nH]c1C. The number of hydrogen-bond donors (Lipinski definition) is 1. The number of anilines is 1. The van der Waals surface area contributed by atoms with Gasteiger partial charge in [0, 0.05) is 6.54 Å². The number of para-hydroxylation sites is 1. The molecule has 0 saturated heterocycles. The van der Waals surface area contributed by atoms with Crippen molar-refractivity contribution in [2.24, 2.45) is 0 Å². The summed E-state index contributed by atoms with van der Waals surface area (Å²) in [5, 5.41) is 6.42. The number of nitrogens with zero attached hydrogens (tertiary/aromatic N) is 2. The smallest absolute Gasteiger partial charge is 0.267 e. The molecular weight excluding hydrogens is 250 g/mol. The van der Waals surface area contributed by atoms with Crippen LogP contribution in [-0.4, -0.2) is 25.2 Å². The Hall–Kier alpha value is -1.82. The fourth-order valence-corrected chi connectivity index (χ4v) is 3.40. The monoisotopic (exact) mass is 265 g/mol. The Morgan fingerprint density at radius 2 is 1.94 bits per heavy atom. The summed E-state index contributed by atoms with van der Waals surface area (Å²) >= 11 is 0. The number of hydrogen-bond acceptors (Lipinski definition) is 3. The van der Waals surface area contributed by atoms with Crippen molar-refractivity contribution < 1.29 is 8.42 Å². The Balaban J connectivity index is 2.49. The first kappa shape index (κ1) is 12.6. The van der Waals surface area contributed by atoms with E-state index in [0.717, 1.165) is 0 Å². The number of H-pyrrole nitrogens is 1. The van der Waals surface area contributed by atoms with Crippen molar-refractivity contribution in [2.75, 3.05) is 10.8 Å². The third-order valence-electron chi connectivity index (χ3n) is 2.68. The number of sulfonamides is 1. The Bertz CT molecular complexity index is 620. The maximum absolute atomic E-state index is 12.5. The molecule has 0 aliphatic rings. The van der Waals surface area contributed by atoms with Crippen molar-refractivity contribution in [3.8, 4) is 0 Å². The lowest BCUT2D eigenvalue weighted by Crippen LogP contribution is -2.30. The van der Waals surface area contributed by atoms with Crippen LogP contribution in [0.5, 0.6) is 0 Å². The van der Waals surface area contributed by atoms with Crippen LogP contribution in [0.3, 0.4) is 0 Å². The van der Waals surface area contributed by atoms with Crippen molar-refractivity contribution in [2.45, 2.75) is 18.7 Å². The zero-order chi connectivity index (χ0) is 13.2. The van der Waals surface area contributed by atoms with Crippen molar-refractivity contribution >= 4 is 15.7 Å². The van der Waals surface area contributed by atoms with Gasteiger partial charge in [0.2, 0.25) is 0 Å². The average molecular weight is 265 g/mol. The Morgan fingerprint density at radius 3 is 2.44 bits per heavy atom. The highest BCUT2D eigenvalue weighted by molar-refractivity contribution is 7.92. The van der Waals surface area contributed by atoms with E-state index >= 15 is 0 Å². The molecule has 0 atom stereocenters. The first-order valence-electron chi connectivity index (χ1n) is 5.65. The van der Waals surface area contributed by atoms with Gasteiger partial charge in [-0.25, -0.2) is 8.42 Å². The van der Waals surface area contributed by atoms with E-state index in [1.165, 1.54) is 10.5 Å². The van der Waals surface area contributed by atoms with Crippen molar-refractivity contribution in [3.05, 3.63) is 42.2 Å². The molecule has 1 aromatic heterocycles. The quantitative estimate of drug-likeness (QED) is 0.918. The topological polar surface area (TPSA) is 66.1 Å². The first-order valence-corrected chi connectivity index (χ1v) is 7.09. The minimum Gasteiger partial charge on any atom is -0.281 e. The Morgan fingerprint density at radius 1 is 1.28 bits per heavy atom. The summed E-state index contributed by atoms with van der Waals surface area (Å²) in [7, 11) is -3.55. The maximum atomic E-state index is 12.5. The highest BCUT2D eigenvalue weighted by Crippen LogP contribution is 2.23. The second-order valence-corrected chi connectivity index (χ2v) is 5.70. The number of aromatic nitrogens is 2. The van der Waals surface area contributed by atoms with Crippen LogP contribution in [0.2, 0.25) is 0 Å². The lowest BCUT2D eigenvalue weighted by molar-refractivity contribution is 0.591. The Labute approximate surface area is 107 Å². The highest BCUT2D eigenvalue weighted by Gasteiger charge is 2.26. The fourth-order valence-electron chi connectivity index (χ4n) is 1.80. The second kappa shape index (κ2) is 4.81. The summed E-state index contributed by atoms with van der Waals surface area (Å²) < 4.78 is 26.4. The van der Waals surface area contributed by atoms with E-state index in [4.69, 9.17) is 0 Å². The Kier molecular flexibility index (Phi) is 3.38. The van der Waals surface area contributed by atoms with E-state index < -0.39 is 10.0 Å². The molecule has 96 valence electrons. The normalized spacial score (nSPS) is 11.4. The molecule has 6 heteroatoms. The molecule has 2 aromatic rings. The van der Waals surface area contributed by atoms with E-state index in [1.54, 1.807) is 26.0 Å². The molecule has 0 fully saturated rings. The third-order valence-corrected chi connectivity index (χ3v) is 4.70. The van der Waals surface area contributed by atoms with Crippen molar-refractivity contribution in [1.82, 2.24) is 10.2 Å². The molecule has 2 rings (SSSR count). The minimum atomic E-state index is -3.55. The first-order chi connectivity index (χ1) is 8.57. The van der Waals surface area contributed by atoms with Crippen LogP contribution >= 0.6 is 0 Å². The van der Waals surface area contributed by atoms with Gasteiger partial charge in [-0.1, -0.05) is 18.2 Å². The number of nitrogens with one attached hydrogen (secondary N) is 1.